The van der Waals surface area contributed by atoms with E-state index >= 15 is 0 Å². The van der Waals surface area contributed by atoms with Gasteiger partial charge < -0.3 is 4.90 Å². The monoisotopic (exact) mass is 341 g/mol. The molecule has 2 heterocycles. The van der Waals surface area contributed by atoms with E-state index in [4.69, 9.17) is 11.6 Å². The third-order valence-electron chi connectivity index (χ3n) is 3.07. The third kappa shape index (κ3) is 3.56. The van der Waals surface area contributed by atoms with Crippen molar-refractivity contribution in [3.63, 3.8) is 0 Å². The molecule has 0 bridgehead atoms. The molecule has 0 N–H and O–H groups in total. The van der Waals surface area contributed by atoms with Gasteiger partial charge >= 0.3 is 5.37 Å². The fourth-order valence-electron chi connectivity index (χ4n) is 1.93. The number of pyridine rings is 1. The second kappa shape index (κ2) is 7.24. The third-order valence-corrected chi connectivity index (χ3v) is 6.21. The molecule has 1 aliphatic heterocycles. The van der Waals surface area contributed by atoms with Crippen LogP contribution in [0.2, 0.25) is 0 Å². The van der Waals surface area contributed by atoms with Crippen LogP contribution in [0.15, 0.2) is 53.8 Å². The number of halogens is 1. The lowest BCUT2D eigenvalue weighted by molar-refractivity contribution is 0.141. The number of likely N-dealkylation sites (N-methyl/N-ethyl adjacent to an activating group) is 2. The smallest absolute Gasteiger partial charge is 0.318 e. The van der Waals surface area contributed by atoms with Crippen molar-refractivity contribution >= 4 is 38.6 Å². The number of hydrogen-bond acceptors (Lipinski definition) is 5. The molecule has 1 aliphatic rings. The van der Waals surface area contributed by atoms with Gasteiger partial charge in [-0.15, -0.1) is 0 Å². The molecule has 1 amide bonds. The summed E-state index contributed by atoms with van der Waals surface area (Å²) in [5.41, 5.74) is 0. The van der Waals surface area contributed by atoms with Crippen LogP contribution in [0.5, 0.6) is 0 Å². The quantitative estimate of drug-likeness (QED) is 0.347. The fraction of sp³-hybridized carbons (Fsp3) is 0.286. The van der Waals surface area contributed by atoms with Crippen LogP contribution in [0, 0.1) is 0 Å². The predicted molar refractivity (Wildman–Crippen MR) is 90.1 cm³/mol. The Kier molecular flexibility index (Phi) is 5.61. The van der Waals surface area contributed by atoms with E-state index in [9.17, 15) is 4.79 Å². The number of amides is 1. The van der Waals surface area contributed by atoms with Crippen LogP contribution >= 0.6 is 33.2 Å². The first-order valence-corrected chi connectivity index (χ1v) is 8.95. The van der Waals surface area contributed by atoms with Crippen molar-refractivity contribution < 1.29 is 4.79 Å². The molecule has 21 heavy (non-hydrogen) atoms. The SMILES string of the molecule is CCN1C=CC=CC1(SSc1ccccn1)N(C)C(=O)Cl. The van der Waals surface area contributed by atoms with Crippen molar-refractivity contribution in [2.24, 2.45) is 0 Å². The van der Waals surface area contributed by atoms with E-state index in [0.29, 0.717) is 0 Å². The summed E-state index contributed by atoms with van der Waals surface area (Å²) in [6, 6.07) is 5.75. The molecule has 0 aromatic carbocycles. The highest BCUT2D eigenvalue weighted by molar-refractivity contribution is 8.77. The van der Waals surface area contributed by atoms with Gasteiger partial charge in [-0.2, -0.15) is 0 Å². The van der Waals surface area contributed by atoms with Crippen LogP contribution in [0.25, 0.3) is 0 Å². The first-order valence-electron chi connectivity index (χ1n) is 6.43. The molecule has 0 radical (unpaired) electrons. The van der Waals surface area contributed by atoms with Crippen molar-refractivity contribution in [1.29, 1.82) is 0 Å². The summed E-state index contributed by atoms with van der Waals surface area (Å²) < 4.78 is 0. The molecule has 1 atom stereocenters. The summed E-state index contributed by atoms with van der Waals surface area (Å²) in [4.78, 5) is 18.9. The van der Waals surface area contributed by atoms with Crippen molar-refractivity contribution in [2.45, 2.75) is 16.9 Å². The summed E-state index contributed by atoms with van der Waals surface area (Å²) in [7, 11) is 4.75. The highest BCUT2D eigenvalue weighted by Crippen LogP contribution is 2.46. The summed E-state index contributed by atoms with van der Waals surface area (Å²) >= 11 is 5.72. The minimum absolute atomic E-state index is 0.498. The average molecular weight is 342 g/mol. The van der Waals surface area contributed by atoms with Gasteiger partial charge in [-0.25, -0.2) is 4.98 Å². The zero-order valence-electron chi connectivity index (χ0n) is 11.8. The molecule has 1 aromatic rings. The van der Waals surface area contributed by atoms with Crippen molar-refractivity contribution in [2.75, 3.05) is 13.6 Å². The lowest BCUT2D eigenvalue weighted by atomic mass is 10.2. The van der Waals surface area contributed by atoms with E-state index in [1.54, 1.807) is 13.2 Å². The maximum atomic E-state index is 11.7. The van der Waals surface area contributed by atoms with Crippen molar-refractivity contribution in [3.8, 4) is 0 Å². The minimum Gasteiger partial charge on any atom is -0.343 e. The van der Waals surface area contributed by atoms with Crippen LogP contribution in [0.4, 0.5) is 4.79 Å². The van der Waals surface area contributed by atoms with Crippen LogP contribution in [0.3, 0.4) is 0 Å². The molecular formula is C14H16ClN3OS2. The van der Waals surface area contributed by atoms with Crippen molar-refractivity contribution in [1.82, 2.24) is 14.8 Å². The molecule has 112 valence electrons. The van der Waals surface area contributed by atoms with E-state index in [0.717, 1.165) is 11.6 Å². The summed E-state index contributed by atoms with van der Waals surface area (Å²) in [5.74, 6) is 0. The number of nitrogens with zero attached hydrogens (tertiary/aromatic N) is 3. The van der Waals surface area contributed by atoms with Gasteiger partial charge in [-0.3, -0.25) is 9.69 Å². The molecule has 0 aliphatic carbocycles. The molecule has 0 fully saturated rings. The molecule has 0 saturated heterocycles. The molecule has 0 saturated carbocycles. The second-order valence-electron chi connectivity index (χ2n) is 4.29. The number of rotatable bonds is 5. The number of aromatic nitrogens is 1. The molecule has 1 unspecified atom stereocenters. The van der Waals surface area contributed by atoms with E-state index in [2.05, 4.69) is 9.88 Å². The summed E-state index contributed by atoms with van der Waals surface area (Å²) in [5, 5.41) is 0.388. The standard InChI is InChI=1S/C14H16ClN3OS2/c1-3-18-11-7-5-9-14(18,17(2)13(15)19)21-20-12-8-4-6-10-16-12/h4-11H,3H2,1-2H3. The summed E-state index contributed by atoms with van der Waals surface area (Å²) in [6.45, 7) is 2.79. The maximum Gasteiger partial charge on any atom is 0.318 e. The predicted octanol–water partition coefficient (Wildman–Crippen LogP) is 4.17. The van der Waals surface area contributed by atoms with Crippen LogP contribution in [0.1, 0.15) is 6.92 Å². The van der Waals surface area contributed by atoms with Gasteiger partial charge in [-0.05, 0) is 64.4 Å². The Bertz CT molecular complexity index is 548. The number of hydrogen-bond donors (Lipinski definition) is 0. The van der Waals surface area contributed by atoms with Gasteiger partial charge in [0.2, 0.25) is 0 Å². The van der Waals surface area contributed by atoms with Crippen molar-refractivity contribution in [3.05, 3.63) is 48.8 Å². The maximum absolute atomic E-state index is 11.7. The largest absolute Gasteiger partial charge is 0.343 e. The highest BCUT2D eigenvalue weighted by Gasteiger charge is 2.41. The zero-order valence-corrected chi connectivity index (χ0v) is 14.2. The van der Waals surface area contributed by atoms with Gasteiger partial charge in [0.15, 0.2) is 4.99 Å². The Morgan fingerprint density at radius 3 is 2.90 bits per heavy atom. The Balaban J connectivity index is 2.26. The van der Waals surface area contributed by atoms with Gasteiger partial charge in [0.25, 0.3) is 0 Å². The number of allylic oxidation sites excluding steroid dienone is 2. The summed E-state index contributed by atoms with van der Waals surface area (Å²) in [6.07, 6.45) is 9.55. The van der Waals surface area contributed by atoms with Crippen LogP contribution in [-0.2, 0) is 0 Å². The first kappa shape index (κ1) is 16.3. The molecule has 7 heteroatoms. The lowest BCUT2D eigenvalue weighted by Crippen LogP contribution is -2.54. The van der Waals surface area contributed by atoms with Gasteiger partial charge in [0.05, 0.1) is 0 Å². The molecule has 2 rings (SSSR count). The van der Waals surface area contributed by atoms with Gasteiger partial charge in [0.1, 0.15) is 5.03 Å². The van der Waals surface area contributed by atoms with E-state index in [-0.39, 0.29) is 0 Å². The Morgan fingerprint density at radius 1 is 1.48 bits per heavy atom. The zero-order chi connectivity index (χ0) is 15.3. The fourth-order valence-corrected chi connectivity index (χ4v) is 4.88. The van der Waals surface area contributed by atoms with Crippen LogP contribution < -0.4 is 0 Å². The Hall–Kier alpha value is -1.11. The van der Waals surface area contributed by atoms with E-state index in [1.165, 1.54) is 26.5 Å². The normalized spacial score (nSPS) is 20.6. The second-order valence-corrected chi connectivity index (χ2v) is 6.97. The van der Waals surface area contributed by atoms with Gasteiger partial charge in [-0.1, -0.05) is 12.1 Å². The lowest BCUT2D eigenvalue weighted by Gasteiger charge is -2.46. The Labute approximate surface area is 137 Å². The molecule has 4 nitrogen and oxygen atoms in total. The molecule has 0 spiro atoms. The Morgan fingerprint density at radius 2 is 2.29 bits per heavy atom. The average Bonchev–Trinajstić information content (AvgIpc) is 2.53. The minimum atomic E-state index is -0.662. The number of carbonyl (C=O) groups excluding carboxylic acids is 1. The highest BCUT2D eigenvalue weighted by atomic mass is 35.5. The van der Waals surface area contributed by atoms with Gasteiger partial charge in [0, 0.05) is 26.0 Å². The number of carbonyl (C=O) groups is 1. The van der Waals surface area contributed by atoms with E-state index in [1.807, 2.05) is 49.6 Å². The first-order chi connectivity index (χ1) is 10.1. The topological polar surface area (TPSA) is 36.4 Å². The molecule has 1 aromatic heterocycles. The van der Waals surface area contributed by atoms with Crippen LogP contribution in [-0.4, -0.2) is 38.7 Å². The van der Waals surface area contributed by atoms with E-state index < -0.39 is 10.4 Å². The molecular weight excluding hydrogens is 326 g/mol.